The molecule has 1 heteroatoms. The zero-order valence-electron chi connectivity index (χ0n) is 8.35. The molecule has 0 aliphatic heterocycles. The largest absolute Gasteiger partial charge is 0.143 e. The van der Waals surface area contributed by atoms with Gasteiger partial charge >= 0.3 is 0 Å². The molecule has 0 saturated carbocycles. The molecular weight excluding hydrogens is 200 g/mol. The van der Waals surface area contributed by atoms with Gasteiger partial charge < -0.3 is 0 Å². The van der Waals surface area contributed by atoms with Gasteiger partial charge in [-0.3, -0.25) is 0 Å². The summed E-state index contributed by atoms with van der Waals surface area (Å²) in [6.07, 6.45) is 1.82. The molecule has 74 valence electrons. The van der Waals surface area contributed by atoms with Crippen molar-refractivity contribution in [3.8, 4) is 11.1 Å². The molecule has 0 unspecified atom stereocenters. The molecule has 0 saturated heterocycles. The molecule has 0 nitrogen and oxygen atoms in total. The number of benzene rings is 2. The van der Waals surface area contributed by atoms with E-state index < -0.39 is 0 Å². The van der Waals surface area contributed by atoms with Gasteiger partial charge in [-0.05, 0) is 22.8 Å². The molecule has 0 radical (unpaired) electrons. The topological polar surface area (TPSA) is 0 Å². The standard InChI is InChI=1S/C14H12S/c1-2-11-8-9-13(10-14(11)15)12-6-4-3-5-7-12/h2-10,15H,1H2. The highest BCUT2D eigenvalue weighted by molar-refractivity contribution is 7.80. The van der Waals surface area contributed by atoms with Crippen molar-refractivity contribution in [2.24, 2.45) is 0 Å². The summed E-state index contributed by atoms with van der Waals surface area (Å²) in [7, 11) is 0. The Balaban J connectivity index is 2.47. The van der Waals surface area contributed by atoms with Crippen molar-refractivity contribution in [1.82, 2.24) is 0 Å². The quantitative estimate of drug-likeness (QED) is 0.705. The van der Waals surface area contributed by atoms with E-state index in [4.69, 9.17) is 0 Å². The van der Waals surface area contributed by atoms with Crippen LogP contribution in [0.2, 0.25) is 0 Å². The van der Waals surface area contributed by atoms with Gasteiger partial charge in [0.25, 0.3) is 0 Å². The third-order valence-corrected chi connectivity index (χ3v) is 2.74. The first-order valence-corrected chi connectivity index (χ1v) is 5.27. The van der Waals surface area contributed by atoms with E-state index in [2.05, 4.69) is 43.5 Å². The Labute approximate surface area is 95.7 Å². The average Bonchev–Trinajstić information content (AvgIpc) is 2.30. The normalized spacial score (nSPS) is 9.93. The van der Waals surface area contributed by atoms with E-state index in [1.807, 2.05) is 30.3 Å². The molecule has 2 rings (SSSR count). The highest BCUT2D eigenvalue weighted by Crippen LogP contribution is 2.24. The molecule has 2 aromatic rings. The second kappa shape index (κ2) is 4.37. The predicted octanol–water partition coefficient (Wildman–Crippen LogP) is 4.29. The molecule has 2 aromatic carbocycles. The summed E-state index contributed by atoms with van der Waals surface area (Å²) in [6, 6.07) is 16.5. The minimum atomic E-state index is 0.964. The lowest BCUT2D eigenvalue weighted by molar-refractivity contribution is 1.43. The second-order valence-corrected chi connectivity index (χ2v) is 3.83. The number of hydrogen-bond donors (Lipinski definition) is 1. The fourth-order valence-corrected chi connectivity index (χ4v) is 1.83. The van der Waals surface area contributed by atoms with Crippen LogP contribution in [-0.4, -0.2) is 0 Å². The third-order valence-electron chi connectivity index (χ3n) is 2.36. The van der Waals surface area contributed by atoms with Gasteiger partial charge in [-0.1, -0.05) is 55.1 Å². The Morgan fingerprint density at radius 2 is 1.67 bits per heavy atom. The van der Waals surface area contributed by atoms with E-state index in [1.165, 1.54) is 11.1 Å². The molecule has 0 bridgehead atoms. The first-order chi connectivity index (χ1) is 7.31. The fourth-order valence-electron chi connectivity index (χ4n) is 1.53. The van der Waals surface area contributed by atoms with Gasteiger partial charge in [0.2, 0.25) is 0 Å². The van der Waals surface area contributed by atoms with Crippen LogP contribution in [0.5, 0.6) is 0 Å². The van der Waals surface area contributed by atoms with E-state index in [0.717, 1.165) is 10.5 Å². The van der Waals surface area contributed by atoms with E-state index in [9.17, 15) is 0 Å². The molecule has 0 amide bonds. The molecule has 15 heavy (non-hydrogen) atoms. The van der Waals surface area contributed by atoms with Crippen LogP contribution in [0.4, 0.5) is 0 Å². The maximum Gasteiger partial charge on any atom is 0.0118 e. The lowest BCUT2D eigenvalue weighted by Crippen LogP contribution is -1.80. The van der Waals surface area contributed by atoms with Crippen molar-refractivity contribution >= 4 is 18.7 Å². The molecule has 0 spiro atoms. The zero-order chi connectivity index (χ0) is 10.7. The van der Waals surface area contributed by atoms with Crippen LogP contribution in [0.15, 0.2) is 60.0 Å². The Hall–Kier alpha value is -1.47. The van der Waals surface area contributed by atoms with Crippen molar-refractivity contribution in [2.75, 3.05) is 0 Å². The van der Waals surface area contributed by atoms with Crippen LogP contribution < -0.4 is 0 Å². The molecule has 0 aromatic heterocycles. The Morgan fingerprint density at radius 1 is 0.933 bits per heavy atom. The summed E-state index contributed by atoms with van der Waals surface area (Å²) in [5.74, 6) is 0. The highest BCUT2D eigenvalue weighted by Gasteiger charge is 1.99. The maximum absolute atomic E-state index is 4.43. The van der Waals surface area contributed by atoms with Crippen molar-refractivity contribution in [3.05, 3.63) is 60.7 Å². The van der Waals surface area contributed by atoms with Crippen molar-refractivity contribution in [1.29, 1.82) is 0 Å². The van der Waals surface area contributed by atoms with Crippen LogP contribution in [0.3, 0.4) is 0 Å². The molecule has 0 aliphatic carbocycles. The summed E-state index contributed by atoms with van der Waals surface area (Å²) in [6.45, 7) is 3.75. The Kier molecular flexibility index (Phi) is 2.93. The van der Waals surface area contributed by atoms with Crippen molar-refractivity contribution < 1.29 is 0 Å². The van der Waals surface area contributed by atoms with Crippen LogP contribution in [0.1, 0.15) is 5.56 Å². The van der Waals surface area contributed by atoms with Crippen LogP contribution >= 0.6 is 12.6 Å². The molecule has 0 aliphatic rings. The van der Waals surface area contributed by atoms with Crippen molar-refractivity contribution in [3.63, 3.8) is 0 Å². The van der Waals surface area contributed by atoms with Gasteiger partial charge in [0.15, 0.2) is 0 Å². The van der Waals surface area contributed by atoms with Crippen LogP contribution in [0, 0.1) is 0 Å². The summed E-state index contributed by atoms with van der Waals surface area (Å²) < 4.78 is 0. The average molecular weight is 212 g/mol. The number of rotatable bonds is 2. The second-order valence-electron chi connectivity index (χ2n) is 3.34. The smallest absolute Gasteiger partial charge is 0.0118 e. The van der Waals surface area contributed by atoms with Gasteiger partial charge in [-0.25, -0.2) is 0 Å². The van der Waals surface area contributed by atoms with Crippen molar-refractivity contribution in [2.45, 2.75) is 4.90 Å². The third kappa shape index (κ3) is 2.13. The molecule has 0 fully saturated rings. The summed E-state index contributed by atoms with van der Waals surface area (Å²) >= 11 is 4.43. The predicted molar refractivity (Wildman–Crippen MR) is 69.2 cm³/mol. The molecule has 0 atom stereocenters. The zero-order valence-corrected chi connectivity index (χ0v) is 9.24. The van der Waals surface area contributed by atoms with Gasteiger partial charge in [0, 0.05) is 4.90 Å². The van der Waals surface area contributed by atoms with E-state index >= 15 is 0 Å². The monoisotopic (exact) mass is 212 g/mol. The Morgan fingerprint density at radius 3 is 2.27 bits per heavy atom. The minimum Gasteiger partial charge on any atom is -0.143 e. The maximum atomic E-state index is 4.43. The Bertz CT molecular complexity index is 472. The number of hydrogen-bond acceptors (Lipinski definition) is 1. The lowest BCUT2D eigenvalue weighted by Gasteiger charge is -2.04. The van der Waals surface area contributed by atoms with Crippen LogP contribution in [0.25, 0.3) is 17.2 Å². The number of thiol groups is 1. The highest BCUT2D eigenvalue weighted by atomic mass is 32.1. The lowest BCUT2D eigenvalue weighted by atomic mass is 10.0. The van der Waals surface area contributed by atoms with Crippen LogP contribution in [-0.2, 0) is 0 Å². The molecule has 0 heterocycles. The summed E-state index contributed by atoms with van der Waals surface area (Å²) in [5, 5.41) is 0. The minimum absolute atomic E-state index is 0.964. The van der Waals surface area contributed by atoms with Gasteiger partial charge in [0.05, 0.1) is 0 Å². The van der Waals surface area contributed by atoms with E-state index in [0.29, 0.717) is 0 Å². The summed E-state index contributed by atoms with van der Waals surface area (Å²) in [4.78, 5) is 0.964. The van der Waals surface area contributed by atoms with Gasteiger partial charge in [-0.2, -0.15) is 0 Å². The van der Waals surface area contributed by atoms with E-state index in [1.54, 1.807) is 0 Å². The molecular formula is C14H12S. The van der Waals surface area contributed by atoms with E-state index in [-0.39, 0.29) is 0 Å². The van der Waals surface area contributed by atoms with Gasteiger partial charge in [0.1, 0.15) is 0 Å². The summed E-state index contributed by atoms with van der Waals surface area (Å²) in [5.41, 5.74) is 3.47. The molecule has 0 N–H and O–H groups in total. The van der Waals surface area contributed by atoms with Gasteiger partial charge in [-0.15, -0.1) is 12.6 Å². The fraction of sp³-hybridized carbons (Fsp3) is 0. The SMILES string of the molecule is C=Cc1ccc(-c2ccccc2)cc1S. The first-order valence-electron chi connectivity index (χ1n) is 4.82. The first kappa shape index (κ1) is 10.1.